The number of amidine groups is 1. The molecule has 2 rings (SSSR count). The number of ether oxygens (including phenoxy) is 1. The topological polar surface area (TPSA) is 63.6 Å². The number of carbonyl (C=O) groups is 1. The van der Waals surface area contributed by atoms with Gasteiger partial charge in [-0.2, -0.15) is 11.8 Å². The molecule has 0 aliphatic heterocycles. The highest BCUT2D eigenvalue weighted by molar-refractivity contribution is 14.0. The maximum Gasteiger partial charge on any atom is 0.257 e. The summed E-state index contributed by atoms with van der Waals surface area (Å²) in [5, 5.41) is 3.47. The minimum Gasteiger partial charge on any atom is -0.495 e. The first-order chi connectivity index (χ1) is 12.2. The van der Waals surface area contributed by atoms with Crippen molar-refractivity contribution in [3.63, 3.8) is 0 Å². The Morgan fingerprint density at radius 3 is 2.69 bits per heavy atom. The number of halogens is 1. The molecule has 8 heteroatoms. The lowest BCUT2D eigenvalue weighted by molar-refractivity contribution is 0.0978. The third-order valence-corrected chi connectivity index (χ3v) is 4.81. The molecule has 2 aromatic rings. The minimum absolute atomic E-state index is 0. The van der Waals surface area contributed by atoms with E-state index in [2.05, 4.69) is 15.3 Å². The van der Waals surface area contributed by atoms with Crippen LogP contribution in [0.1, 0.15) is 16.1 Å². The van der Waals surface area contributed by atoms with E-state index in [1.807, 2.05) is 36.6 Å². The second-order valence-electron chi connectivity index (χ2n) is 4.92. The third kappa shape index (κ3) is 7.55. The molecule has 140 valence electrons. The monoisotopic (exact) mass is 503 g/mol. The number of nitrogens with one attached hydrogen (secondary N) is 1. The molecule has 1 amide bonds. The fourth-order valence-corrected chi connectivity index (χ4v) is 3.20. The highest BCUT2D eigenvalue weighted by Gasteiger charge is 2.07. The highest BCUT2D eigenvalue weighted by atomic mass is 127. The molecule has 1 aromatic carbocycles. The first-order valence-corrected chi connectivity index (χ1v) is 10.1. The number of rotatable bonds is 7. The van der Waals surface area contributed by atoms with Gasteiger partial charge in [-0.15, -0.1) is 24.0 Å². The number of nitrogens with zero attached hydrogens (tertiary/aromatic N) is 2. The average molecular weight is 503 g/mol. The molecule has 5 nitrogen and oxygen atoms in total. The van der Waals surface area contributed by atoms with Crippen LogP contribution in [0.3, 0.4) is 0 Å². The van der Waals surface area contributed by atoms with Crippen molar-refractivity contribution in [2.24, 2.45) is 4.99 Å². The van der Waals surface area contributed by atoms with Crippen molar-refractivity contribution in [3.05, 3.63) is 59.9 Å². The van der Waals surface area contributed by atoms with Crippen molar-refractivity contribution in [3.8, 4) is 5.75 Å². The van der Waals surface area contributed by atoms with E-state index < -0.39 is 0 Å². The first kappa shape index (κ1) is 22.8. The van der Waals surface area contributed by atoms with Crippen molar-refractivity contribution >= 4 is 58.6 Å². The van der Waals surface area contributed by atoms with Gasteiger partial charge in [-0.1, -0.05) is 30.0 Å². The number of hydrogen-bond acceptors (Lipinski definition) is 6. The van der Waals surface area contributed by atoms with Crippen LogP contribution in [0.5, 0.6) is 5.75 Å². The molecule has 0 fully saturated rings. The van der Waals surface area contributed by atoms with Crippen LogP contribution >= 0.6 is 47.5 Å². The molecule has 0 saturated heterocycles. The number of hydrogen-bond donors (Lipinski definition) is 1. The van der Waals surface area contributed by atoms with E-state index in [4.69, 9.17) is 4.74 Å². The molecule has 0 aliphatic rings. The van der Waals surface area contributed by atoms with Gasteiger partial charge in [0.05, 0.1) is 19.3 Å². The van der Waals surface area contributed by atoms with E-state index >= 15 is 0 Å². The Labute approximate surface area is 179 Å². The zero-order valence-electron chi connectivity index (χ0n) is 14.7. The van der Waals surface area contributed by atoms with Crippen LogP contribution in [0, 0.1) is 0 Å². The number of methoxy groups -OCH3 is 1. The molecular formula is C18H22IN3O2S2. The predicted molar refractivity (Wildman–Crippen MR) is 122 cm³/mol. The number of thioether (sulfide) groups is 2. The lowest BCUT2D eigenvalue weighted by Crippen LogP contribution is -2.28. The largest absolute Gasteiger partial charge is 0.495 e. The molecule has 0 bridgehead atoms. The summed E-state index contributed by atoms with van der Waals surface area (Å²) in [6.45, 7) is 0.630. The van der Waals surface area contributed by atoms with Crippen LogP contribution < -0.4 is 10.1 Å². The van der Waals surface area contributed by atoms with Gasteiger partial charge in [-0.3, -0.25) is 14.8 Å². The van der Waals surface area contributed by atoms with Crippen molar-refractivity contribution in [2.75, 3.05) is 25.7 Å². The summed E-state index contributed by atoms with van der Waals surface area (Å²) in [4.78, 5) is 20.9. The maximum atomic E-state index is 12.1. The number of carbonyl (C=O) groups excluding carboxylic acids is 1. The van der Waals surface area contributed by atoms with E-state index in [-0.39, 0.29) is 29.9 Å². The van der Waals surface area contributed by atoms with E-state index in [0.717, 1.165) is 22.9 Å². The SMILES string of the molecule is COc1cccnc1CSCCN=C(NC(=O)c1ccccc1)SC.I. The summed E-state index contributed by atoms with van der Waals surface area (Å²) >= 11 is 3.16. The lowest BCUT2D eigenvalue weighted by Gasteiger charge is -2.07. The van der Waals surface area contributed by atoms with Gasteiger partial charge in [0, 0.05) is 23.3 Å². The molecule has 0 radical (unpaired) electrons. The van der Waals surface area contributed by atoms with Crippen molar-refractivity contribution < 1.29 is 9.53 Å². The van der Waals surface area contributed by atoms with Crippen LogP contribution in [-0.2, 0) is 5.75 Å². The van der Waals surface area contributed by atoms with Crippen LogP contribution in [-0.4, -0.2) is 41.7 Å². The Morgan fingerprint density at radius 2 is 2.00 bits per heavy atom. The van der Waals surface area contributed by atoms with Gasteiger partial charge in [-0.05, 0) is 30.5 Å². The van der Waals surface area contributed by atoms with Crippen molar-refractivity contribution in [1.82, 2.24) is 10.3 Å². The van der Waals surface area contributed by atoms with Crippen LogP contribution in [0.25, 0.3) is 0 Å². The molecule has 0 spiro atoms. The molecule has 1 aromatic heterocycles. The highest BCUT2D eigenvalue weighted by Crippen LogP contribution is 2.20. The summed E-state index contributed by atoms with van der Waals surface area (Å²) < 4.78 is 5.29. The number of aromatic nitrogens is 1. The van der Waals surface area contributed by atoms with Crippen molar-refractivity contribution in [1.29, 1.82) is 0 Å². The fraction of sp³-hybridized carbons (Fsp3) is 0.278. The Kier molecular flexibility index (Phi) is 11.4. The second-order valence-corrected chi connectivity index (χ2v) is 6.82. The standard InChI is InChI=1S/C18H21N3O2S2.HI/c1-23-16-9-6-10-19-15(16)13-25-12-11-20-18(24-2)21-17(22)14-7-4-3-5-8-14;/h3-10H,11-13H2,1-2H3,(H,20,21,22);1H. The van der Waals surface area contributed by atoms with Gasteiger partial charge in [0.2, 0.25) is 0 Å². The molecule has 26 heavy (non-hydrogen) atoms. The van der Waals surface area contributed by atoms with Crippen LogP contribution in [0.2, 0.25) is 0 Å². The molecule has 1 heterocycles. The quantitative estimate of drug-likeness (QED) is 0.267. The van der Waals surface area contributed by atoms with Gasteiger partial charge in [0.1, 0.15) is 5.75 Å². The fourth-order valence-electron chi connectivity index (χ4n) is 2.01. The van der Waals surface area contributed by atoms with Gasteiger partial charge < -0.3 is 10.1 Å². The van der Waals surface area contributed by atoms with Crippen LogP contribution in [0.4, 0.5) is 0 Å². The maximum absolute atomic E-state index is 12.1. The summed E-state index contributed by atoms with van der Waals surface area (Å²) in [7, 11) is 1.65. The van der Waals surface area contributed by atoms with E-state index in [1.54, 1.807) is 37.2 Å². The number of benzene rings is 1. The van der Waals surface area contributed by atoms with Gasteiger partial charge in [-0.25, -0.2) is 0 Å². The number of pyridine rings is 1. The summed E-state index contributed by atoms with van der Waals surface area (Å²) in [6, 6.07) is 12.9. The Hall–Kier alpha value is -1.26. The molecule has 0 unspecified atom stereocenters. The number of aliphatic imine (C=N–C) groups is 1. The average Bonchev–Trinajstić information content (AvgIpc) is 2.67. The van der Waals surface area contributed by atoms with E-state index in [9.17, 15) is 4.79 Å². The predicted octanol–water partition coefficient (Wildman–Crippen LogP) is 4.09. The zero-order chi connectivity index (χ0) is 17.9. The molecular weight excluding hydrogens is 481 g/mol. The molecule has 0 atom stereocenters. The lowest BCUT2D eigenvalue weighted by atomic mass is 10.2. The minimum atomic E-state index is -0.139. The number of amides is 1. The molecule has 0 saturated carbocycles. The normalized spacial score (nSPS) is 10.8. The Balaban J connectivity index is 0.00000338. The summed E-state index contributed by atoms with van der Waals surface area (Å²) in [5.74, 6) is 2.27. The van der Waals surface area contributed by atoms with Gasteiger partial charge >= 0.3 is 0 Å². The Morgan fingerprint density at radius 1 is 1.23 bits per heavy atom. The van der Waals surface area contributed by atoms with E-state index in [0.29, 0.717) is 17.3 Å². The Bertz CT molecular complexity index is 715. The first-order valence-electron chi connectivity index (χ1n) is 7.75. The molecule has 0 aliphatic carbocycles. The zero-order valence-corrected chi connectivity index (χ0v) is 18.6. The van der Waals surface area contributed by atoms with Crippen molar-refractivity contribution in [2.45, 2.75) is 5.75 Å². The van der Waals surface area contributed by atoms with Gasteiger partial charge in [0.25, 0.3) is 5.91 Å². The molecule has 1 N–H and O–H groups in total. The third-order valence-electron chi connectivity index (χ3n) is 3.25. The van der Waals surface area contributed by atoms with Gasteiger partial charge in [0.15, 0.2) is 5.17 Å². The van der Waals surface area contributed by atoms with E-state index in [1.165, 1.54) is 11.8 Å². The van der Waals surface area contributed by atoms with Crippen LogP contribution in [0.15, 0.2) is 53.7 Å². The smallest absolute Gasteiger partial charge is 0.257 e. The summed E-state index contributed by atoms with van der Waals surface area (Å²) in [6.07, 6.45) is 3.66. The summed E-state index contributed by atoms with van der Waals surface area (Å²) in [5.41, 5.74) is 1.56. The second kappa shape index (κ2) is 13.0.